The monoisotopic (exact) mass is 250 g/mol. The van der Waals surface area contributed by atoms with Crippen LogP contribution in [0.2, 0.25) is 0 Å². The van der Waals surface area contributed by atoms with Crippen LogP contribution in [0.25, 0.3) is 11.3 Å². The zero-order valence-electron chi connectivity index (χ0n) is 10.4. The zero-order chi connectivity index (χ0) is 12.9. The summed E-state index contributed by atoms with van der Waals surface area (Å²) >= 11 is 0. The van der Waals surface area contributed by atoms with E-state index in [2.05, 4.69) is 22.3 Å². The molecule has 0 saturated carbocycles. The molecule has 0 spiro atoms. The predicted molar refractivity (Wildman–Crippen MR) is 74.8 cm³/mol. The third kappa shape index (κ3) is 2.83. The molecule has 2 aromatic carbocycles. The Balaban J connectivity index is 1.74. The van der Waals surface area contributed by atoms with E-state index in [0.717, 1.165) is 22.6 Å². The highest BCUT2D eigenvalue weighted by molar-refractivity contribution is 5.60. The van der Waals surface area contributed by atoms with Crippen LogP contribution >= 0.6 is 0 Å². The summed E-state index contributed by atoms with van der Waals surface area (Å²) in [6.07, 6.45) is 1.74. The minimum Gasteiger partial charge on any atom is -0.489 e. The summed E-state index contributed by atoms with van der Waals surface area (Å²) in [6, 6.07) is 20.1. The van der Waals surface area contributed by atoms with Crippen molar-refractivity contribution in [1.82, 2.24) is 10.2 Å². The van der Waals surface area contributed by atoms with Gasteiger partial charge in [-0.1, -0.05) is 42.5 Å². The van der Waals surface area contributed by atoms with E-state index in [-0.39, 0.29) is 0 Å². The molecule has 0 fully saturated rings. The van der Waals surface area contributed by atoms with Crippen molar-refractivity contribution in [2.24, 2.45) is 0 Å². The minimum atomic E-state index is 0.577. The summed E-state index contributed by atoms with van der Waals surface area (Å²) in [5.41, 5.74) is 3.22. The number of nitrogens with one attached hydrogen (secondary N) is 1. The maximum atomic E-state index is 5.80. The second kappa shape index (κ2) is 5.40. The Kier molecular flexibility index (Phi) is 3.28. The molecule has 0 bridgehead atoms. The van der Waals surface area contributed by atoms with Crippen LogP contribution in [-0.4, -0.2) is 10.2 Å². The highest BCUT2D eigenvalue weighted by Gasteiger charge is 2.01. The number of hydrogen-bond donors (Lipinski definition) is 1. The summed E-state index contributed by atoms with van der Waals surface area (Å²) in [4.78, 5) is 0. The van der Waals surface area contributed by atoms with E-state index in [4.69, 9.17) is 4.74 Å². The molecule has 0 aliphatic carbocycles. The molecule has 0 atom stereocenters. The topological polar surface area (TPSA) is 37.9 Å². The Hall–Kier alpha value is -2.55. The summed E-state index contributed by atoms with van der Waals surface area (Å²) in [7, 11) is 0. The van der Waals surface area contributed by atoms with Crippen LogP contribution in [0.1, 0.15) is 5.56 Å². The number of nitrogens with zero attached hydrogens (tertiary/aromatic N) is 1. The molecule has 3 heteroatoms. The highest BCUT2D eigenvalue weighted by atomic mass is 16.5. The number of aromatic nitrogens is 2. The van der Waals surface area contributed by atoms with Gasteiger partial charge in [0.25, 0.3) is 0 Å². The van der Waals surface area contributed by atoms with Crippen molar-refractivity contribution < 1.29 is 4.74 Å². The lowest BCUT2D eigenvalue weighted by atomic mass is 10.1. The van der Waals surface area contributed by atoms with Gasteiger partial charge >= 0.3 is 0 Å². The van der Waals surface area contributed by atoms with E-state index >= 15 is 0 Å². The van der Waals surface area contributed by atoms with Gasteiger partial charge in [-0.25, -0.2) is 0 Å². The fraction of sp³-hybridized carbons (Fsp3) is 0.0625. The van der Waals surface area contributed by atoms with E-state index < -0.39 is 0 Å². The average Bonchev–Trinajstić information content (AvgIpc) is 3.01. The van der Waals surface area contributed by atoms with Gasteiger partial charge < -0.3 is 4.74 Å². The van der Waals surface area contributed by atoms with Crippen molar-refractivity contribution >= 4 is 0 Å². The molecule has 0 radical (unpaired) electrons. The molecule has 1 N–H and O–H groups in total. The van der Waals surface area contributed by atoms with Gasteiger partial charge in [-0.05, 0) is 23.8 Å². The molecule has 0 amide bonds. The summed E-state index contributed by atoms with van der Waals surface area (Å²) in [6.45, 7) is 0.577. The number of rotatable bonds is 4. The Morgan fingerprint density at radius 2 is 1.84 bits per heavy atom. The maximum absolute atomic E-state index is 5.80. The SMILES string of the molecule is c1ccc(COc2cccc(-c3ccn[nH]3)c2)cc1. The number of hydrogen-bond acceptors (Lipinski definition) is 2. The molecule has 1 aromatic heterocycles. The predicted octanol–water partition coefficient (Wildman–Crippen LogP) is 3.66. The standard InChI is InChI=1S/C16H14N2O/c1-2-5-13(6-3-1)12-19-15-8-4-7-14(11-15)16-9-10-17-18-16/h1-11H,12H2,(H,17,18). The molecule has 94 valence electrons. The fourth-order valence-electron chi connectivity index (χ4n) is 1.91. The average molecular weight is 250 g/mol. The van der Waals surface area contributed by atoms with Crippen LogP contribution in [0, 0.1) is 0 Å². The molecule has 1 heterocycles. The van der Waals surface area contributed by atoms with Gasteiger partial charge in [-0.15, -0.1) is 0 Å². The van der Waals surface area contributed by atoms with Crippen LogP contribution < -0.4 is 4.74 Å². The van der Waals surface area contributed by atoms with Gasteiger partial charge in [0.2, 0.25) is 0 Å². The number of H-pyrrole nitrogens is 1. The number of ether oxygens (including phenoxy) is 1. The van der Waals surface area contributed by atoms with Crippen molar-refractivity contribution in [2.45, 2.75) is 6.61 Å². The lowest BCUT2D eigenvalue weighted by Gasteiger charge is -2.07. The molecule has 0 aliphatic rings. The summed E-state index contributed by atoms with van der Waals surface area (Å²) < 4.78 is 5.80. The Labute approximate surface area is 111 Å². The molecule has 3 rings (SSSR count). The third-order valence-corrected chi connectivity index (χ3v) is 2.89. The maximum Gasteiger partial charge on any atom is 0.120 e. The van der Waals surface area contributed by atoms with E-state index in [1.165, 1.54) is 0 Å². The first-order chi connectivity index (χ1) is 9.42. The van der Waals surface area contributed by atoms with Crippen LogP contribution in [-0.2, 0) is 6.61 Å². The van der Waals surface area contributed by atoms with Crippen LogP contribution in [0.3, 0.4) is 0 Å². The highest BCUT2D eigenvalue weighted by Crippen LogP contribution is 2.22. The number of benzene rings is 2. The Morgan fingerprint density at radius 1 is 0.947 bits per heavy atom. The van der Waals surface area contributed by atoms with E-state index in [1.54, 1.807) is 6.20 Å². The van der Waals surface area contributed by atoms with E-state index in [1.807, 2.05) is 48.5 Å². The van der Waals surface area contributed by atoms with Crippen molar-refractivity contribution in [1.29, 1.82) is 0 Å². The van der Waals surface area contributed by atoms with Gasteiger partial charge in [0.1, 0.15) is 12.4 Å². The second-order valence-corrected chi connectivity index (χ2v) is 4.27. The lowest BCUT2D eigenvalue weighted by Crippen LogP contribution is -1.95. The molecule has 0 unspecified atom stereocenters. The van der Waals surface area contributed by atoms with Crippen molar-refractivity contribution in [3.63, 3.8) is 0 Å². The molecular weight excluding hydrogens is 236 g/mol. The van der Waals surface area contributed by atoms with Gasteiger partial charge in [-0.3, -0.25) is 5.10 Å². The first-order valence-electron chi connectivity index (χ1n) is 6.18. The van der Waals surface area contributed by atoms with Gasteiger partial charge in [0.05, 0.1) is 5.69 Å². The summed E-state index contributed by atoms with van der Waals surface area (Å²) in [5, 5.41) is 6.90. The minimum absolute atomic E-state index is 0.577. The normalized spacial score (nSPS) is 10.3. The largest absolute Gasteiger partial charge is 0.489 e. The molecule has 0 aliphatic heterocycles. The van der Waals surface area contributed by atoms with Gasteiger partial charge in [0.15, 0.2) is 0 Å². The second-order valence-electron chi connectivity index (χ2n) is 4.27. The van der Waals surface area contributed by atoms with Crippen LogP contribution in [0.5, 0.6) is 5.75 Å². The fourth-order valence-corrected chi connectivity index (χ4v) is 1.91. The smallest absolute Gasteiger partial charge is 0.120 e. The van der Waals surface area contributed by atoms with Gasteiger partial charge in [-0.2, -0.15) is 5.10 Å². The van der Waals surface area contributed by atoms with Crippen molar-refractivity contribution in [3.8, 4) is 17.0 Å². The van der Waals surface area contributed by atoms with E-state index in [0.29, 0.717) is 6.61 Å². The van der Waals surface area contributed by atoms with Crippen LogP contribution in [0.4, 0.5) is 0 Å². The lowest BCUT2D eigenvalue weighted by molar-refractivity contribution is 0.306. The molecular formula is C16H14N2O. The first kappa shape index (κ1) is 11.5. The third-order valence-electron chi connectivity index (χ3n) is 2.89. The van der Waals surface area contributed by atoms with Gasteiger partial charge in [0, 0.05) is 11.8 Å². The van der Waals surface area contributed by atoms with Crippen molar-refractivity contribution in [3.05, 3.63) is 72.4 Å². The quantitative estimate of drug-likeness (QED) is 0.767. The molecule has 19 heavy (non-hydrogen) atoms. The summed E-state index contributed by atoms with van der Waals surface area (Å²) in [5.74, 6) is 0.857. The Bertz CT molecular complexity index is 633. The molecule has 0 saturated heterocycles. The Morgan fingerprint density at radius 3 is 2.63 bits per heavy atom. The molecule has 3 nitrogen and oxygen atoms in total. The van der Waals surface area contributed by atoms with Crippen LogP contribution in [0.15, 0.2) is 66.9 Å². The first-order valence-corrected chi connectivity index (χ1v) is 6.18. The number of aromatic amines is 1. The zero-order valence-corrected chi connectivity index (χ0v) is 10.4. The van der Waals surface area contributed by atoms with Crippen molar-refractivity contribution in [2.75, 3.05) is 0 Å². The molecule has 3 aromatic rings. The van der Waals surface area contributed by atoms with E-state index in [9.17, 15) is 0 Å².